The highest BCUT2D eigenvalue weighted by atomic mass is 16.5. The second-order valence-corrected chi connectivity index (χ2v) is 9.93. The molecule has 38 heavy (non-hydrogen) atoms. The van der Waals surface area contributed by atoms with Crippen molar-refractivity contribution in [2.45, 2.75) is 20.4 Å². The molecule has 196 valence electrons. The van der Waals surface area contributed by atoms with E-state index >= 15 is 0 Å². The summed E-state index contributed by atoms with van der Waals surface area (Å²) in [7, 11) is 4.14. The molecule has 0 radical (unpaired) electrons. The van der Waals surface area contributed by atoms with Crippen LogP contribution in [-0.4, -0.2) is 91.0 Å². The van der Waals surface area contributed by atoms with E-state index < -0.39 is 0 Å². The lowest BCUT2D eigenvalue weighted by Crippen LogP contribution is -2.37. The van der Waals surface area contributed by atoms with E-state index in [2.05, 4.69) is 48.8 Å². The smallest absolute Gasteiger partial charge is 0.160 e. The Hall–Kier alpha value is -4.09. The molecule has 5 aromatic heterocycles. The van der Waals surface area contributed by atoms with Crippen molar-refractivity contribution in [3.8, 4) is 28.6 Å². The van der Waals surface area contributed by atoms with Gasteiger partial charge in [0.05, 0.1) is 25.5 Å². The van der Waals surface area contributed by atoms with E-state index in [1.54, 1.807) is 4.68 Å². The maximum atomic E-state index is 5.61. The highest BCUT2D eigenvalue weighted by Gasteiger charge is 2.20. The fourth-order valence-electron chi connectivity index (χ4n) is 4.63. The Morgan fingerprint density at radius 2 is 1.71 bits per heavy atom. The second-order valence-electron chi connectivity index (χ2n) is 9.93. The number of ether oxygens (including phenoxy) is 1. The standard InChI is InChI=1S/C27H32N10O/c1-19-5-7-28-22(15-19)21-6-8-36(30-21)25-18-27(34-11-13-38-14-12-34)37-26(29-25)17-24(32-37)23-16-20(2)35(31-23)10-9-33(3)4/h5-8,15-18H,9-14H2,1-4H3. The van der Waals surface area contributed by atoms with Gasteiger partial charge in [-0.05, 0) is 57.8 Å². The van der Waals surface area contributed by atoms with E-state index in [0.29, 0.717) is 13.2 Å². The van der Waals surface area contributed by atoms with Crippen molar-refractivity contribution < 1.29 is 4.74 Å². The van der Waals surface area contributed by atoms with E-state index in [9.17, 15) is 0 Å². The fourth-order valence-corrected chi connectivity index (χ4v) is 4.63. The predicted octanol–water partition coefficient (Wildman–Crippen LogP) is 2.86. The number of pyridine rings is 1. The Bertz CT molecular complexity index is 1570. The lowest BCUT2D eigenvalue weighted by Gasteiger charge is -2.29. The number of fused-ring (bicyclic) bond motifs is 1. The van der Waals surface area contributed by atoms with Gasteiger partial charge in [-0.15, -0.1) is 0 Å². The molecule has 0 atom stereocenters. The van der Waals surface area contributed by atoms with Gasteiger partial charge in [-0.2, -0.15) is 19.8 Å². The summed E-state index contributed by atoms with van der Waals surface area (Å²) in [6.07, 6.45) is 3.73. The zero-order valence-electron chi connectivity index (χ0n) is 22.2. The summed E-state index contributed by atoms with van der Waals surface area (Å²) in [5.41, 5.74) is 6.26. The summed E-state index contributed by atoms with van der Waals surface area (Å²) in [6, 6.07) is 12.1. The summed E-state index contributed by atoms with van der Waals surface area (Å²) in [5, 5.41) is 14.6. The largest absolute Gasteiger partial charge is 0.378 e. The molecule has 0 aromatic carbocycles. The van der Waals surface area contributed by atoms with Crippen molar-refractivity contribution >= 4 is 11.5 Å². The summed E-state index contributed by atoms with van der Waals surface area (Å²) >= 11 is 0. The van der Waals surface area contributed by atoms with Crippen LogP contribution in [0.2, 0.25) is 0 Å². The third-order valence-corrected chi connectivity index (χ3v) is 6.73. The molecule has 0 bridgehead atoms. The number of rotatable bonds is 7. The summed E-state index contributed by atoms with van der Waals surface area (Å²) in [4.78, 5) is 13.9. The van der Waals surface area contributed by atoms with Crippen LogP contribution < -0.4 is 4.90 Å². The minimum absolute atomic E-state index is 0.674. The minimum atomic E-state index is 0.674. The van der Waals surface area contributed by atoms with Gasteiger partial charge in [0.15, 0.2) is 11.5 Å². The number of hydrogen-bond donors (Lipinski definition) is 0. The summed E-state index contributed by atoms with van der Waals surface area (Å²) < 4.78 is 11.4. The molecule has 1 saturated heterocycles. The molecule has 0 saturated carbocycles. The molecule has 5 aromatic rings. The molecule has 0 N–H and O–H groups in total. The van der Waals surface area contributed by atoms with Crippen molar-refractivity contribution in [2.24, 2.45) is 0 Å². The second kappa shape index (κ2) is 9.99. The van der Waals surface area contributed by atoms with E-state index in [0.717, 1.165) is 77.5 Å². The first kappa shape index (κ1) is 24.3. The van der Waals surface area contributed by atoms with Crippen molar-refractivity contribution in [3.05, 3.63) is 60.0 Å². The molecule has 1 aliphatic heterocycles. The molecule has 11 heteroatoms. The Balaban J connectivity index is 1.41. The highest BCUT2D eigenvalue weighted by Crippen LogP contribution is 2.26. The molecule has 0 spiro atoms. The quantitative estimate of drug-likeness (QED) is 0.329. The van der Waals surface area contributed by atoms with Gasteiger partial charge in [0.2, 0.25) is 0 Å². The number of aryl methyl sites for hydroxylation is 2. The maximum Gasteiger partial charge on any atom is 0.160 e. The van der Waals surface area contributed by atoms with Crippen molar-refractivity contribution in [1.29, 1.82) is 0 Å². The van der Waals surface area contributed by atoms with Crippen LogP contribution in [0.5, 0.6) is 0 Å². The Morgan fingerprint density at radius 3 is 2.50 bits per heavy atom. The van der Waals surface area contributed by atoms with Crippen LogP contribution in [0.3, 0.4) is 0 Å². The van der Waals surface area contributed by atoms with Crippen LogP contribution in [0.1, 0.15) is 11.3 Å². The number of hydrogen-bond acceptors (Lipinski definition) is 8. The molecule has 1 aliphatic rings. The van der Waals surface area contributed by atoms with Crippen LogP contribution >= 0.6 is 0 Å². The molecule has 11 nitrogen and oxygen atoms in total. The van der Waals surface area contributed by atoms with Crippen LogP contribution in [0, 0.1) is 13.8 Å². The van der Waals surface area contributed by atoms with Crippen molar-refractivity contribution in [2.75, 3.05) is 51.8 Å². The third-order valence-electron chi connectivity index (χ3n) is 6.73. The molecule has 0 amide bonds. The van der Waals surface area contributed by atoms with Crippen LogP contribution in [0.25, 0.3) is 34.2 Å². The number of morpholine rings is 1. The summed E-state index contributed by atoms with van der Waals surface area (Å²) in [5.74, 6) is 1.67. The predicted molar refractivity (Wildman–Crippen MR) is 146 cm³/mol. The molecule has 6 rings (SSSR count). The van der Waals surface area contributed by atoms with Gasteiger partial charge in [-0.3, -0.25) is 9.67 Å². The normalized spacial score (nSPS) is 14.2. The maximum absolute atomic E-state index is 5.61. The monoisotopic (exact) mass is 512 g/mol. The van der Waals surface area contributed by atoms with Crippen molar-refractivity contribution in [1.82, 2.24) is 44.0 Å². The molecule has 0 aliphatic carbocycles. The number of aromatic nitrogens is 8. The Labute approximate surface area is 221 Å². The number of nitrogens with zero attached hydrogens (tertiary/aromatic N) is 10. The Kier molecular flexibility index (Phi) is 6.38. The zero-order chi connectivity index (χ0) is 26.2. The van der Waals surface area contributed by atoms with Gasteiger partial charge in [0.25, 0.3) is 0 Å². The average Bonchev–Trinajstić information content (AvgIpc) is 3.65. The Morgan fingerprint density at radius 1 is 0.895 bits per heavy atom. The molecular weight excluding hydrogens is 480 g/mol. The molecule has 0 unspecified atom stereocenters. The first-order valence-corrected chi connectivity index (χ1v) is 12.9. The molecule has 6 heterocycles. The van der Waals surface area contributed by atoms with Crippen molar-refractivity contribution in [3.63, 3.8) is 0 Å². The zero-order valence-corrected chi connectivity index (χ0v) is 22.2. The SMILES string of the molecule is Cc1ccnc(-c2ccn(-c3cc(N4CCOCC4)n4nc(-c5cc(C)n(CCN(C)C)n5)cc4n3)n2)c1. The van der Waals surface area contributed by atoms with E-state index in [1.165, 1.54) is 0 Å². The number of likely N-dealkylation sites (N-methyl/N-ethyl adjacent to an activating group) is 1. The minimum Gasteiger partial charge on any atom is -0.378 e. The third kappa shape index (κ3) is 4.77. The number of anilines is 1. The van der Waals surface area contributed by atoms with Gasteiger partial charge in [-0.1, -0.05) is 0 Å². The fraction of sp³-hybridized carbons (Fsp3) is 0.370. The van der Waals surface area contributed by atoms with Crippen LogP contribution in [0.15, 0.2) is 48.8 Å². The van der Waals surface area contributed by atoms with Crippen LogP contribution in [-0.2, 0) is 11.3 Å². The van der Waals surface area contributed by atoms with Gasteiger partial charge in [0.1, 0.15) is 22.9 Å². The van der Waals surface area contributed by atoms with E-state index in [-0.39, 0.29) is 0 Å². The first-order chi connectivity index (χ1) is 18.4. The van der Waals surface area contributed by atoms with E-state index in [4.69, 9.17) is 25.0 Å². The van der Waals surface area contributed by atoms with Gasteiger partial charge >= 0.3 is 0 Å². The molecule has 1 fully saturated rings. The van der Waals surface area contributed by atoms with E-state index in [1.807, 2.05) is 51.9 Å². The summed E-state index contributed by atoms with van der Waals surface area (Å²) in [6.45, 7) is 8.79. The topological polar surface area (TPSA) is 94.4 Å². The first-order valence-electron chi connectivity index (χ1n) is 12.9. The van der Waals surface area contributed by atoms with Gasteiger partial charge < -0.3 is 14.5 Å². The average molecular weight is 513 g/mol. The highest BCUT2D eigenvalue weighted by molar-refractivity contribution is 5.65. The molecular formula is C27H32N10O. The lowest BCUT2D eigenvalue weighted by molar-refractivity contribution is 0.122. The van der Waals surface area contributed by atoms with Crippen LogP contribution in [0.4, 0.5) is 5.82 Å². The van der Waals surface area contributed by atoms with Gasteiger partial charge in [0, 0.05) is 49.9 Å². The van der Waals surface area contributed by atoms with Gasteiger partial charge in [-0.25, -0.2) is 9.67 Å². The lowest BCUT2D eigenvalue weighted by atomic mass is 10.2.